The van der Waals surface area contributed by atoms with E-state index in [9.17, 15) is 9.59 Å². The van der Waals surface area contributed by atoms with E-state index in [0.29, 0.717) is 16.5 Å². The molecule has 3 N–H and O–H groups in total. The summed E-state index contributed by atoms with van der Waals surface area (Å²) in [5, 5.41) is 3.39. The summed E-state index contributed by atoms with van der Waals surface area (Å²) in [7, 11) is 0. The monoisotopic (exact) mass is 418 g/mol. The second-order valence-corrected chi connectivity index (χ2v) is 8.32. The maximum atomic E-state index is 12.3. The zero-order valence-electron chi connectivity index (χ0n) is 13.8. The van der Waals surface area contributed by atoms with Gasteiger partial charge in [0.2, 0.25) is 5.91 Å². The summed E-state index contributed by atoms with van der Waals surface area (Å²) in [5.41, 5.74) is 7.99. The second-order valence-electron chi connectivity index (χ2n) is 6.29. The van der Waals surface area contributed by atoms with Gasteiger partial charge in [-0.25, -0.2) is 0 Å². The number of carbonyl (C=O) groups is 2. The van der Waals surface area contributed by atoms with Gasteiger partial charge in [-0.2, -0.15) is 0 Å². The Labute approximate surface area is 159 Å². The highest BCUT2D eigenvalue weighted by atomic mass is 79.9. The molecule has 1 unspecified atom stereocenters. The van der Waals surface area contributed by atoms with E-state index in [1.807, 2.05) is 24.3 Å². The molecule has 4 nitrogen and oxygen atoms in total. The molecule has 0 radical (unpaired) electrons. The zero-order valence-corrected chi connectivity index (χ0v) is 16.2. The Bertz CT molecular complexity index is 840. The molecule has 6 heteroatoms. The lowest BCUT2D eigenvalue weighted by Crippen LogP contribution is -2.18. The van der Waals surface area contributed by atoms with E-state index in [1.54, 1.807) is 6.08 Å². The number of nitrogens with one attached hydrogen (secondary N) is 1. The molecule has 3 rings (SSSR count). The molecular formula is C19H19BrN2O2S. The molecule has 1 aromatic carbocycles. The van der Waals surface area contributed by atoms with E-state index < -0.39 is 5.91 Å². The van der Waals surface area contributed by atoms with Crippen LogP contribution in [0.25, 0.3) is 6.08 Å². The Hall–Kier alpha value is -1.92. The lowest BCUT2D eigenvalue weighted by Gasteiger charge is -2.18. The average Bonchev–Trinajstić information content (AvgIpc) is 2.91. The minimum Gasteiger partial charge on any atom is -0.365 e. The minimum absolute atomic E-state index is 0.267. The maximum absolute atomic E-state index is 12.3. The zero-order chi connectivity index (χ0) is 18.0. The number of nitrogens with two attached hydrogens (primary N) is 1. The quantitative estimate of drug-likeness (QED) is 0.722. The normalized spacial score (nSPS) is 16.6. The first-order chi connectivity index (χ1) is 11.9. The Morgan fingerprint density at radius 2 is 2.04 bits per heavy atom. The van der Waals surface area contributed by atoms with Gasteiger partial charge in [-0.3, -0.25) is 9.59 Å². The number of primary amides is 1. The number of carbonyl (C=O) groups excluding carboxylic acids is 2. The van der Waals surface area contributed by atoms with Crippen molar-refractivity contribution in [2.45, 2.75) is 26.2 Å². The topological polar surface area (TPSA) is 72.2 Å². The average molecular weight is 419 g/mol. The van der Waals surface area contributed by atoms with Crippen molar-refractivity contribution in [3.8, 4) is 0 Å². The van der Waals surface area contributed by atoms with E-state index in [4.69, 9.17) is 5.73 Å². The van der Waals surface area contributed by atoms with Gasteiger partial charge in [0.05, 0.1) is 5.56 Å². The number of thiophene rings is 1. The highest BCUT2D eigenvalue weighted by Crippen LogP contribution is 2.39. The molecule has 2 amide bonds. The number of hydrogen-bond donors (Lipinski definition) is 2. The highest BCUT2D eigenvalue weighted by Gasteiger charge is 2.26. The third-order valence-electron chi connectivity index (χ3n) is 4.29. The summed E-state index contributed by atoms with van der Waals surface area (Å²) in [6.45, 7) is 2.20. The van der Waals surface area contributed by atoms with Crippen molar-refractivity contribution in [2.24, 2.45) is 11.7 Å². The first-order valence-electron chi connectivity index (χ1n) is 8.13. The summed E-state index contributed by atoms with van der Waals surface area (Å²) >= 11 is 4.85. The number of rotatable bonds is 4. The van der Waals surface area contributed by atoms with Gasteiger partial charge < -0.3 is 11.1 Å². The molecule has 0 spiro atoms. The van der Waals surface area contributed by atoms with Gasteiger partial charge >= 0.3 is 0 Å². The van der Waals surface area contributed by atoms with Gasteiger partial charge in [0.25, 0.3) is 5.91 Å². The van der Waals surface area contributed by atoms with E-state index in [0.717, 1.165) is 34.9 Å². The molecule has 1 aromatic heterocycles. The molecule has 0 aliphatic heterocycles. The van der Waals surface area contributed by atoms with Crippen molar-refractivity contribution >= 4 is 50.2 Å². The van der Waals surface area contributed by atoms with Gasteiger partial charge in [-0.15, -0.1) is 11.3 Å². The number of hydrogen-bond acceptors (Lipinski definition) is 3. The van der Waals surface area contributed by atoms with Crippen LogP contribution in [-0.2, 0) is 17.6 Å². The van der Waals surface area contributed by atoms with Crippen LogP contribution in [0.1, 0.15) is 39.7 Å². The number of fused-ring (bicyclic) bond motifs is 1. The Balaban J connectivity index is 1.79. The van der Waals surface area contributed by atoms with Crippen molar-refractivity contribution in [3.63, 3.8) is 0 Å². The van der Waals surface area contributed by atoms with Crippen LogP contribution in [0.15, 0.2) is 34.8 Å². The van der Waals surface area contributed by atoms with E-state index in [1.165, 1.54) is 22.3 Å². The highest BCUT2D eigenvalue weighted by molar-refractivity contribution is 9.10. The second kappa shape index (κ2) is 7.54. The molecule has 0 bridgehead atoms. The Kier molecular flexibility index (Phi) is 5.39. The van der Waals surface area contributed by atoms with Gasteiger partial charge in [0.1, 0.15) is 5.00 Å². The van der Waals surface area contributed by atoms with Crippen LogP contribution in [0.5, 0.6) is 0 Å². The summed E-state index contributed by atoms with van der Waals surface area (Å²) in [6.07, 6.45) is 6.03. The van der Waals surface area contributed by atoms with Gasteiger partial charge in [-0.1, -0.05) is 35.0 Å². The SMILES string of the molecule is CC1CCc2c(sc(NC(=O)C=Cc3ccc(Br)cc3)c2C(N)=O)C1. The summed E-state index contributed by atoms with van der Waals surface area (Å²) in [4.78, 5) is 25.3. The molecule has 1 aliphatic carbocycles. The van der Waals surface area contributed by atoms with Crippen molar-refractivity contribution in [1.29, 1.82) is 0 Å². The third-order valence-corrected chi connectivity index (χ3v) is 5.99. The largest absolute Gasteiger partial charge is 0.365 e. The fourth-order valence-corrected chi connectivity index (χ4v) is 4.68. The third kappa shape index (κ3) is 4.19. The van der Waals surface area contributed by atoms with Gasteiger partial charge in [0.15, 0.2) is 0 Å². The van der Waals surface area contributed by atoms with Crippen LogP contribution in [-0.4, -0.2) is 11.8 Å². The van der Waals surface area contributed by atoms with Gasteiger partial charge in [-0.05, 0) is 54.5 Å². The van der Waals surface area contributed by atoms with Gasteiger partial charge in [0, 0.05) is 15.4 Å². The fourth-order valence-electron chi connectivity index (χ4n) is 3.00. The molecule has 130 valence electrons. The standard InChI is InChI=1S/C19H19BrN2O2S/c1-11-2-8-14-15(10-11)25-19(17(14)18(21)24)22-16(23)9-5-12-3-6-13(20)7-4-12/h3-7,9,11H,2,8,10H2,1H3,(H2,21,24)(H,22,23). The van der Waals surface area contributed by atoms with Crippen LogP contribution >= 0.6 is 27.3 Å². The number of halogens is 1. The van der Waals surface area contributed by atoms with Crippen molar-refractivity contribution < 1.29 is 9.59 Å². The maximum Gasteiger partial charge on any atom is 0.251 e. The molecule has 1 heterocycles. The lowest BCUT2D eigenvalue weighted by atomic mass is 9.88. The molecule has 0 saturated carbocycles. The fraction of sp³-hybridized carbons (Fsp3) is 0.263. The van der Waals surface area contributed by atoms with Crippen LogP contribution < -0.4 is 11.1 Å². The predicted octanol–water partition coefficient (Wildman–Crippen LogP) is 4.39. The molecule has 1 atom stereocenters. The molecule has 25 heavy (non-hydrogen) atoms. The molecule has 2 aromatic rings. The van der Waals surface area contributed by atoms with E-state index in [2.05, 4.69) is 28.2 Å². The first kappa shape index (κ1) is 17.9. The summed E-state index contributed by atoms with van der Waals surface area (Å²) in [6, 6.07) is 7.65. The van der Waals surface area contributed by atoms with Crippen LogP contribution in [0.3, 0.4) is 0 Å². The Morgan fingerprint density at radius 3 is 2.72 bits per heavy atom. The predicted molar refractivity (Wildman–Crippen MR) is 106 cm³/mol. The molecule has 0 fully saturated rings. The molecule has 1 aliphatic rings. The van der Waals surface area contributed by atoms with Crippen molar-refractivity contribution in [2.75, 3.05) is 5.32 Å². The molecule has 0 saturated heterocycles. The minimum atomic E-state index is -0.473. The van der Waals surface area contributed by atoms with Crippen LogP contribution in [0.2, 0.25) is 0 Å². The number of amides is 2. The summed E-state index contributed by atoms with van der Waals surface area (Å²) < 4.78 is 0.985. The number of benzene rings is 1. The van der Waals surface area contributed by atoms with E-state index >= 15 is 0 Å². The lowest BCUT2D eigenvalue weighted by molar-refractivity contribution is -0.111. The van der Waals surface area contributed by atoms with Crippen molar-refractivity contribution in [1.82, 2.24) is 0 Å². The smallest absolute Gasteiger partial charge is 0.251 e. The van der Waals surface area contributed by atoms with Crippen LogP contribution in [0, 0.1) is 5.92 Å². The first-order valence-corrected chi connectivity index (χ1v) is 9.74. The number of anilines is 1. The Morgan fingerprint density at radius 1 is 1.32 bits per heavy atom. The van der Waals surface area contributed by atoms with E-state index in [-0.39, 0.29) is 5.91 Å². The summed E-state index contributed by atoms with van der Waals surface area (Å²) in [5.74, 6) is -0.149. The molecular weight excluding hydrogens is 400 g/mol. The van der Waals surface area contributed by atoms with Crippen molar-refractivity contribution in [3.05, 3.63) is 56.4 Å². The van der Waals surface area contributed by atoms with Crippen LogP contribution in [0.4, 0.5) is 5.00 Å².